The molecule has 0 saturated carbocycles. The summed E-state index contributed by atoms with van der Waals surface area (Å²) >= 11 is 14.4. The second-order valence-corrected chi connectivity index (χ2v) is 31.8. The smallest absolute Gasteiger partial charge is 0.408 e. The fraction of sp³-hybridized carbons (Fsp3) is 0.337. The number of amides is 8. The fourth-order valence-corrected chi connectivity index (χ4v) is 15.6. The molecule has 123 heavy (non-hydrogen) atoms. The maximum atomic E-state index is 16.3. The van der Waals surface area contributed by atoms with Gasteiger partial charge < -0.3 is 132 Å². The van der Waals surface area contributed by atoms with Gasteiger partial charge in [0, 0.05) is 41.3 Å². The van der Waals surface area contributed by atoms with E-state index in [4.69, 9.17) is 62.1 Å². The molecule has 15 rings (SSSR count). The third-order valence-corrected chi connectivity index (χ3v) is 22.2. The van der Waals surface area contributed by atoms with Gasteiger partial charge in [-0.2, -0.15) is 0 Å². The summed E-state index contributed by atoms with van der Waals surface area (Å²) in [7, 11) is 0. The normalized spacial score (nSPS) is 26.1. The number of carboxylic acid groups (broad SMARTS) is 1. The highest BCUT2D eigenvalue weighted by Gasteiger charge is 2.52. The second kappa shape index (κ2) is 37.6. The van der Waals surface area contributed by atoms with Crippen molar-refractivity contribution in [2.75, 3.05) is 6.61 Å². The number of phenols is 3. The minimum atomic E-state index is -2.42. The first-order chi connectivity index (χ1) is 58.6. The molecule has 2 fully saturated rings. The van der Waals surface area contributed by atoms with Gasteiger partial charge >= 0.3 is 12.1 Å². The molecule has 8 aromatic rings. The lowest BCUT2D eigenvalue weighted by atomic mass is 9.84. The molecule has 7 heterocycles. The maximum absolute atomic E-state index is 16.3. The van der Waals surface area contributed by atoms with E-state index in [1.807, 2.05) is 54.6 Å². The zero-order chi connectivity index (χ0) is 88.2. The number of hydrogen-bond donors (Lipinski definition) is 19. The average molecular weight is 1740 g/mol. The molecule has 20 N–H and O–H groups in total. The number of carboxylic acids is 1. The molecule has 11 bridgehead atoms. The Morgan fingerprint density at radius 3 is 1.87 bits per heavy atom. The minimum absolute atomic E-state index is 0.110. The van der Waals surface area contributed by atoms with Gasteiger partial charge in [-0.25, -0.2) is 9.59 Å². The Bertz CT molecular complexity index is 5330. The van der Waals surface area contributed by atoms with Crippen LogP contribution < -0.4 is 62.5 Å². The molecule has 37 heteroatoms. The van der Waals surface area contributed by atoms with Gasteiger partial charge in [0.2, 0.25) is 53.4 Å². The number of carbonyl (C=O) groups excluding carboxylic acids is 8. The zero-order valence-corrected chi connectivity index (χ0v) is 67.6. The van der Waals surface area contributed by atoms with E-state index < -0.39 is 254 Å². The number of alkyl carbamates (subject to hydrolysis) is 1. The Morgan fingerprint density at radius 2 is 1.24 bits per heavy atom. The maximum Gasteiger partial charge on any atom is 0.408 e. The van der Waals surface area contributed by atoms with Crippen LogP contribution in [0.2, 0.25) is 10.0 Å². The van der Waals surface area contributed by atoms with Crippen molar-refractivity contribution < 1.29 is 127 Å². The topological polar surface area (TPSA) is 543 Å². The Morgan fingerprint density at radius 1 is 0.634 bits per heavy atom. The molecule has 35 nitrogen and oxygen atoms in total. The highest BCUT2D eigenvalue weighted by Crippen LogP contribution is 2.50. The number of aliphatic hydroxyl groups is 6. The quantitative estimate of drug-likeness (QED) is 0.0487. The molecule has 0 aliphatic carbocycles. The highest BCUT2D eigenvalue weighted by molar-refractivity contribution is 6.32. The van der Waals surface area contributed by atoms with Crippen molar-refractivity contribution in [3.63, 3.8) is 0 Å². The molecule has 8 amide bonds. The van der Waals surface area contributed by atoms with E-state index in [1.165, 1.54) is 6.07 Å². The number of nitrogens with two attached hydrogens (primary N) is 1. The highest BCUT2D eigenvalue weighted by atomic mass is 35.5. The first-order valence-electron chi connectivity index (χ1n) is 39.0. The largest absolute Gasteiger partial charge is 0.508 e. The molecular formula is C86H89Cl2N9O26. The number of nitrogens with one attached hydrogen (secondary N) is 8. The summed E-state index contributed by atoms with van der Waals surface area (Å²) in [6, 6.07) is 24.1. The monoisotopic (exact) mass is 1730 g/mol. The number of benzene rings is 8. The van der Waals surface area contributed by atoms with E-state index in [9.17, 15) is 70.2 Å². The number of fused-ring (bicyclic) bond motifs is 15. The summed E-state index contributed by atoms with van der Waals surface area (Å²) in [5.74, 6) is -17.1. The van der Waals surface area contributed by atoms with Crippen LogP contribution in [0, 0.1) is 5.92 Å². The van der Waals surface area contributed by atoms with Crippen LogP contribution in [0.5, 0.6) is 46.0 Å². The number of ether oxygens (including phenoxy) is 7. The lowest BCUT2D eigenvalue weighted by Gasteiger charge is -2.48. The van der Waals surface area contributed by atoms with Gasteiger partial charge in [-0.15, -0.1) is 0 Å². The molecule has 7 aliphatic heterocycles. The SMILES string of the molecule is CC(C)C[C@H](NC(=O)OCc1ccccc1)C(=O)N[C@H]1C(=O)N[C@@H](CC(N)=O)C(=O)N[C@H]2C(=O)N[C@H]3C(=O)NC(C(=O)N[C@H](C(=O)O)c4cc(O)cc(O)c4-c4cc3ccc4O)[C@H](O)c3ccc(c(Cl)c3)Oc3cc2cc(c3OC2O[C@H](CO)[C@@H](O)[C@H](O)C2O[C@H]2C[C@](C)(NCc3ccc(-c4ccccc4)cc3)[C@H](O)[C@H](C)O2)Oc2ccc(cc2Cl)[C@H]1O. The third-order valence-electron chi connectivity index (χ3n) is 21.6. The van der Waals surface area contributed by atoms with Crippen LogP contribution >= 0.6 is 23.2 Å². The van der Waals surface area contributed by atoms with Gasteiger partial charge in [0.25, 0.3) is 0 Å². The Balaban J connectivity index is 0.971. The van der Waals surface area contributed by atoms with Crippen molar-refractivity contribution in [3.05, 3.63) is 213 Å². The predicted molar refractivity (Wildman–Crippen MR) is 435 cm³/mol. The van der Waals surface area contributed by atoms with E-state index in [0.29, 0.717) is 5.56 Å². The van der Waals surface area contributed by atoms with Crippen LogP contribution in [0.15, 0.2) is 164 Å². The Labute approximate surface area is 711 Å². The molecule has 0 radical (unpaired) electrons. The lowest BCUT2D eigenvalue weighted by Crippen LogP contribution is -2.65. The molecule has 648 valence electrons. The summed E-state index contributed by atoms with van der Waals surface area (Å²) < 4.78 is 45.0. The van der Waals surface area contributed by atoms with E-state index in [-0.39, 0.29) is 48.6 Å². The number of aromatic hydroxyl groups is 3. The summed E-state index contributed by atoms with van der Waals surface area (Å²) in [4.78, 5) is 133. The van der Waals surface area contributed by atoms with Crippen LogP contribution in [0.1, 0.15) is 116 Å². The van der Waals surface area contributed by atoms with E-state index in [0.717, 1.165) is 89.5 Å². The van der Waals surface area contributed by atoms with Gasteiger partial charge in [-0.1, -0.05) is 140 Å². The van der Waals surface area contributed by atoms with Crippen LogP contribution in [-0.4, -0.2) is 190 Å². The van der Waals surface area contributed by atoms with Crippen LogP contribution in [0.3, 0.4) is 0 Å². The minimum Gasteiger partial charge on any atom is -0.508 e. The van der Waals surface area contributed by atoms with Gasteiger partial charge in [-0.05, 0) is 125 Å². The van der Waals surface area contributed by atoms with Gasteiger partial charge in [0.05, 0.1) is 35.3 Å². The van der Waals surface area contributed by atoms with Crippen molar-refractivity contribution in [1.82, 2.24) is 42.5 Å². The fourth-order valence-electron chi connectivity index (χ4n) is 15.2. The number of primary amides is 1. The summed E-state index contributed by atoms with van der Waals surface area (Å²) in [6.07, 6.45) is -20.4. The van der Waals surface area contributed by atoms with Crippen molar-refractivity contribution in [1.29, 1.82) is 0 Å². The number of phenolic OH excluding ortho intramolecular Hbond substituents is 3. The molecule has 2 saturated heterocycles. The number of aliphatic hydroxyl groups excluding tert-OH is 6. The first kappa shape index (κ1) is 88.6. The number of carbonyl (C=O) groups is 9. The number of rotatable bonds is 19. The van der Waals surface area contributed by atoms with Crippen LogP contribution in [0.25, 0.3) is 22.3 Å². The summed E-state index contributed by atoms with van der Waals surface area (Å²) in [5, 5.41) is 137. The van der Waals surface area contributed by atoms with Crippen LogP contribution in [0.4, 0.5) is 4.79 Å². The van der Waals surface area contributed by atoms with Gasteiger partial charge in [-0.3, -0.25) is 33.6 Å². The summed E-state index contributed by atoms with van der Waals surface area (Å²) in [6.45, 7) is 5.68. The van der Waals surface area contributed by atoms with Crippen molar-refractivity contribution in [2.24, 2.45) is 11.7 Å². The Kier molecular flexibility index (Phi) is 27.1. The molecule has 7 aliphatic rings. The van der Waals surface area contributed by atoms with Crippen molar-refractivity contribution >= 4 is 76.6 Å². The predicted octanol–water partition coefficient (Wildman–Crippen LogP) is 5.31. The second-order valence-electron chi connectivity index (χ2n) is 31.0. The van der Waals surface area contributed by atoms with E-state index >= 15 is 24.0 Å². The molecule has 18 atom stereocenters. The molecule has 0 aromatic heterocycles. The number of halogens is 2. The first-order valence-corrected chi connectivity index (χ1v) is 39.7. The third kappa shape index (κ3) is 20.0. The lowest BCUT2D eigenvalue weighted by molar-refractivity contribution is -0.334. The van der Waals surface area contributed by atoms with Crippen molar-refractivity contribution in [2.45, 2.75) is 169 Å². The van der Waals surface area contributed by atoms with E-state index in [1.54, 1.807) is 58.0 Å². The van der Waals surface area contributed by atoms with E-state index in [2.05, 4.69) is 42.5 Å². The zero-order valence-electron chi connectivity index (χ0n) is 66.1. The van der Waals surface area contributed by atoms with Gasteiger partial charge in [0.1, 0.15) is 102 Å². The average Bonchev–Trinajstić information content (AvgIpc) is 0.736. The van der Waals surface area contributed by atoms with Crippen LogP contribution in [-0.2, 0) is 70.5 Å². The standard InChI is InChI=1S/C86H89Cl2N9O26/c1-38(2)25-53(92-85(116)117-37-41-11-7-5-8-12-41)77(108)96-68-70(103)45-20-23-57(51(87)27-45)119-59-29-47-30-60(74(59)123-84-75(73(106)72(105)61(36-98)121-84)122-63-34-86(4,76(107)39(3)118-63)90-35-40-15-17-43(18-16-40)42-13-9-6-10-14-42)120-58-24-21-46(28-52(58)88)71(104)69-82(113)95-67(83(114)115)50-31-48(99)32-56(101)64(50)49-26-44(19-22-55(49)100)65(79(110)97-69)94-80(111)66(47)93-78(109)54(33-62(89)102)91-81(68)112/h5-24,26-32,38-39,53-54,61,63,65-73,75-76,84,90,98-101,103-107H,25,33-37H2,1-4H3,(H2,89,102)(H,91,112)(H,92,116)(H,93,109)(H,94,111)(H,95,113)(H,96,108)(H,97,110)(H,114,115)/t39-,53-,54-,61+,63-,65+,66+,67-,68+,69?,70+,71+,72+,73-,75?,76+,84?,86-/m0/s1. The molecule has 3 unspecified atom stereocenters. The van der Waals surface area contributed by atoms with Crippen molar-refractivity contribution in [3.8, 4) is 68.2 Å². The number of hydrogen-bond acceptors (Lipinski definition) is 26. The molecule has 0 spiro atoms. The molecular weight excluding hydrogens is 1650 g/mol. The number of aliphatic carboxylic acids is 1. The Hall–Kier alpha value is -12.2. The molecule has 8 aromatic carbocycles. The van der Waals surface area contributed by atoms with Gasteiger partial charge in [0.15, 0.2) is 29.9 Å². The summed E-state index contributed by atoms with van der Waals surface area (Å²) in [5.41, 5.74) is 4.86.